The largest absolute Gasteiger partial charge is 0.480 e. The number of carbonyl (C=O) groups is 3. The third-order valence-corrected chi connectivity index (χ3v) is 5.22. The van der Waals surface area contributed by atoms with E-state index >= 15 is 0 Å². The number of rotatable bonds is 12. The molecule has 0 saturated carbocycles. The average molecular weight is 376 g/mol. The monoisotopic (exact) mass is 375 g/mol. The van der Waals surface area contributed by atoms with Gasteiger partial charge in [-0.25, -0.2) is 4.79 Å². The predicted molar refractivity (Wildman–Crippen MR) is 101 cm³/mol. The number of hydrogen-bond acceptors (Lipinski definition) is 5. The van der Waals surface area contributed by atoms with E-state index in [0.717, 1.165) is 6.42 Å². The molecule has 0 heterocycles. The molecule has 7 nitrogen and oxygen atoms in total. The van der Waals surface area contributed by atoms with Crippen LogP contribution >= 0.6 is 11.8 Å². The minimum Gasteiger partial charge on any atom is -0.480 e. The van der Waals surface area contributed by atoms with Gasteiger partial charge in [0, 0.05) is 0 Å². The molecular formula is C17H33N3O4S. The second-order valence-corrected chi connectivity index (χ2v) is 7.45. The van der Waals surface area contributed by atoms with Gasteiger partial charge < -0.3 is 21.5 Å². The number of carboxylic acid groups (broad SMARTS) is 1. The van der Waals surface area contributed by atoms with Crippen LogP contribution in [-0.4, -0.2) is 53.0 Å². The highest BCUT2D eigenvalue weighted by Crippen LogP contribution is 2.10. The number of hydrogen-bond donors (Lipinski definition) is 4. The van der Waals surface area contributed by atoms with E-state index in [2.05, 4.69) is 10.6 Å². The maximum absolute atomic E-state index is 12.5. The van der Waals surface area contributed by atoms with Gasteiger partial charge >= 0.3 is 5.97 Å². The fraction of sp³-hybridized carbons (Fsp3) is 0.824. The van der Waals surface area contributed by atoms with Crippen LogP contribution in [-0.2, 0) is 14.4 Å². The maximum atomic E-state index is 12.5. The number of carboxylic acids is 1. The van der Waals surface area contributed by atoms with Gasteiger partial charge in [0.15, 0.2) is 0 Å². The highest BCUT2D eigenvalue weighted by molar-refractivity contribution is 7.98. The summed E-state index contributed by atoms with van der Waals surface area (Å²) in [6.07, 6.45) is 3.70. The lowest BCUT2D eigenvalue weighted by Crippen LogP contribution is -2.56. The maximum Gasteiger partial charge on any atom is 0.326 e. The van der Waals surface area contributed by atoms with E-state index in [1.54, 1.807) is 18.7 Å². The lowest BCUT2D eigenvalue weighted by atomic mass is 9.98. The zero-order valence-corrected chi connectivity index (χ0v) is 16.7. The molecule has 0 spiro atoms. The highest BCUT2D eigenvalue weighted by atomic mass is 32.2. The Hall–Kier alpha value is -1.28. The molecule has 0 aliphatic heterocycles. The fourth-order valence-electron chi connectivity index (χ4n) is 2.22. The molecule has 0 saturated heterocycles. The van der Waals surface area contributed by atoms with Crippen LogP contribution in [0, 0.1) is 11.8 Å². The van der Waals surface area contributed by atoms with Crippen LogP contribution in [0.15, 0.2) is 0 Å². The number of thioether (sulfide) groups is 1. The zero-order valence-electron chi connectivity index (χ0n) is 15.9. The Morgan fingerprint density at radius 3 is 2.04 bits per heavy atom. The first-order valence-electron chi connectivity index (χ1n) is 8.77. The molecule has 8 heteroatoms. The van der Waals surface area contributed by atoms with E-state index < -0.39 is 30.0 Å². The van der Waals surface area contributed by atoms with Crippen molar-refractivity contribution in [2.45, 2.75) is 65.1 Å². The van der Waals surface area contributed by atoms with Gasteiger partial charge in [-0.15, -0.1) is 0 Å². The normalized spacial score (nSPS) is 17.0. The summed E-state index contributed by atoms with van der Waals surface area (Å²) in [4.78, 5) is 36.2. The van der Waals surface area contributed by atoms with Crippen molar-refractivity contribution in [3.05, 3.63) is 0 Å². The first-order valence-corrected chi connectivity index (χ1v) is 10.2. The Kier molecular flexibility index (Phi) is 11.5. The van der Waals surface area contributed by atoms with Crippen molar-refractivity contribution in [3.8, 4) is 0 Å². The minimum atomic E-state index is -1.08. The molecule has 5 N–H and O–H groups in total. The highest BCUT2D eigenvalue weighted by Gasteiger charge is 2.30. The third kappa shape index (κ3) is 8.09. The van der Waals surface area contributed by atoms with E-state index in [-0.39, 0.29) is 17.7 Å². The molecule has 0 rings (SSSR count). The second-order valence-electron chi connectivity index (χ2n) is 6.46. The Morgan fingerprint density at radius 1 is 1.04 bits per heavy atom. The molecule has 25 heavy (non-hydrogen) atoms. The Morgan fingerprint density at radius 2 is 1.60 bits per heavy atom. The lowest BCUT2D eigenvalue weighted by Gasteiger charge is -2.26. The van der Waals surface area contributed by atoms with Crippen LogP contribution in [0.1, 0.15) is 47.0 Å². The van der Waals surface area contributed by atoms with E-state index in [9.17, 15) is 19.5 Å². The number of nitrogens with one attached hydrogen (secondary N) is 2. The van der Waals surface area contributed by atoms with Gasteiger partial charge in [0.2, 0.25) is 11.8 Å². The van der Waals surface area contributed by atoms with E-state index in [1.165, 1.54) is 0 Å². The molecule has 0 bridgehead atoms. The topological polar surface area (TPSA) is 122 Å². The molecular weight excluding hydrogens is 342 g/mol. The van der Waals surface area contributed by atoms with Gasteiger partial charge in [0.1, 0.15) is 12.1 Å². The van der Waals surface area contributed by atoms with Crippen molar-refractivity contribution in [1.29, 1.82) is 0 Å². The number of amides is 2. The molecule has 0 aliphatic rings. The third-order valence-electron chi connectivity index (χ3n) is 4.58. The van der Waals surface area contributed by atoms with Gasteiger partial charge in [-0.2, -0.15) is 11.8 Å². The summed E-state index contributed by atoms with van der Waals surface area (Å²) < 4.78 is 0. The smallest absolute Gasteiger partial charge is 0.326 e. The van der Waals surface area contributed by atoms with Crippen LogP contribution in [0.5, 0.6) is 0 Å². The predicted octanol–water partition coefficient (Wildman–Crippen LogP) is 1.21. The molecule has 2 amide bonds. The van der Waals surface area contributed by atoms with Crippen molar-refractivity contribution < 1.29 is 19.5 Å². The van der Waals surface area contributed by atoms with Crippen molar-refractivity contribution in [3.63, 3.8) is 0 Å². The van der Waals surface area contributed by atoms with E-state index in [1.807, 2.05) is 27.0 Å². The first-order chi connectivity index (χ1) is 11.7. The molecule has 0 unspecified atom stereocenters. The van der Waals surface area contributed by atoms with Crippen molar-refractivity contribution >= 4 is 29.5 Å². The Bertz CT molecular complexity index is 448. The molecule has 0 fully saturated rings. The molecule has 0 aromatic heterocycles. The molecule has 0 aliphatic carbocycles. The van der Waals surface area contributed by atoms with Crippen LogP contribution in [0.2, 0.25) is 0 Å². The summed E-state index contributed by atoms with van der Waals surface area (Å²) in [7, 11) is 0. The van der Waals surface area contributed by atoms with Gasteiger partial charge in [-0.05, 0) is 30.3 Å². The number of nitrogens with two attached hydrogens (primary N) is 1. The zero-order chi connectivity index (χ0) is 19.6. The van der Waals surface area contributed by atoms with Crippen LogP contribution < -0.4 is 16.4 Å². The average Bonchev–Trinajstić information content (AvgIpc) is 2.60. The SMILES string of the molecule is CC[C@H](C)[C@H](N)C(=O)N[C@@H](CCSC)C(=O)N[C@H](C(=O)O)[C@@H](C)CC. The summed E-state index contributed by atoms with van der Waals surface area (Å²) in [6.45, 7) is 7.46. The first kappa shape index (κ1) is 23.7. The Labute approximate surface area is 154 Å². The van der Waals surface area contributed by atoms with Crippen LogP contribution in [0.4, 0.5) is 0 Å². The van der Waals surface area contributed by atoms with Gasteiger partial charge in [0.05, 0.1) is 6.04 Å². The molecule has 5 atom stereocenters. The van der Waals surface area contributed by atoms with E-state index in [4.69, 9.17) is 5.73 Å². The van der Waals surface area contributed by atoms with Gasteiger partial charge in [-0.3, -0.25) is 9.59 Å². The lowest BCUT2D eigenvalue weighted by molar-refractivity contribution is -0.143. The standard InChI is InChI=1S/C17H33N3O4S/c1-6-10(3)13(18)16(22)19-12(8-9-25-5)15(21)20-14(17(23)24)11(4)7-2/h10-14H,6-9,18H2,1-5H3,(H,19,22)(H,20,21)(H,23,24)/t10-,11-,12-,13-,14-/m0/s1. The molecule has 0 aromatic carbocycles. The van der Waals surface area contributed by atoms with E-state index in [0.29, 0.717) is 18.6 Å². The van der Waals surface area contributed by atoms with Crippen LogP contribution in [0.25, 0.3) is 0 Å². The summed E-state index contributed by atoms with van der Waals surface area (Å²) >= 11 is 1.55. The summed E-state index contributed by atoms with van der Waals surface area (Å²) in [5.41, 5.74) is 5.92. The molecule has 146 valence electrons. The molecule has 0 aromatic rings. The van der Waals surface area contributed by atoms with Crippen molar-refractivity contribution in [2.75, 3.05) is 12.0 Å². The quantitative estimate of drug-likeness (QED) is 0.407. The fourth-order valence-corrected chi connectivity index (χ4v) is 2.69. The second kappa shape index (κ2) is 12.1. The van der Waals surface area contributed by atoms with Gasteiger partial charge in [-0.1, -0.05) is 40.5 Å². The summed E-state index contributed by atoms with van der Waals surface area (Å²) in [5.74, 6) is -1.49. The number of aliphatic carboxylic acids is 1. The summed E-state index contributed by atoms with van der Waals surface area (Å²) in [5, 5.41) is 14.6. The van der Waals surface area contributed by atoms with Crippen molar-refractivity contribution in [1.82, 2.24) is 10.6 Å². The summed E-state index contributed by atoms with van der Waals surface area (Å²) in [6, 6.07) is -2.46. The van der Waals surface area contributed by atoms with Crippen molar-refractivity contribution in [2.24, 2.45) is 17.6 Å². The Balaban J connectivity index is 5.08. The van der Waals surface area contributed by atoms with Crippen LogP contribution in [0.3, 0.4) is 0 Å². The van der Waals surface area contributed by atoms with Gasteiger partial charge in [0.25, 0.3) is 0 Å². The number of carbonyl (C=O) groups excluding carboxylic acids is 2. The molecule has 0 radical (unpaired) electrons. The minimum absolute atomic E-state index is 0.00357.